The summed E-state index contributed by atoms with van der Waals surface area (Å²) in [5.74, 6) is 1.36. The number of methoxy groups -OCH3 is 1. The van der Waals surface area contributed by atoms with Gasteiger partial charge in [-0.3, -0.25) is 4.79 Å². The number of benzene rings is 2. The second-order valence-electron chi connectivity index (χ2n) is 7.35. The summed E-state index contributed by atoms with van der Waals surface area (Å²) in [5.41, 5.74) is 1.21. The molecule has 1 aliphatic rings. The topological polar surface area (TPSA) is 38.8 Å². The second-order valence-corrected chi connectivity index (χ2v) is 7.35. The lowest BCUT2D eigenvalue weighted by molar-refractivity contribution is 0.103. The molecule has 1 fully saturated rings. The number of ether oxygens (including phenoxy) is 2. The van der Waals surface area contributed by atoms with Gasteiger partial charge < -0.3 is 14.4 Å². The molecule has 2 aromatic rings. The number of hydrogen-bond donors (Lipinski definition) is 0. The van der Waals surface area contributed by atoms with Crippen molar-refractivity contribution < 1.29 is 14.3 Å². The minimum atomic E-state index is -0.0419. The van der Waals surface area contributed by atoms with Crippen LogP contribution in [0.3, 0.4) is 0 Å². The lowest BCUT2D eigenvalue weighted by Crippen LogP contribution is -2.40. The zero-order valence-corrected chi connectivity index (χ0v) is 17.0. The SMILES string of the molecule is CCC1CCCCN1CCCOc1ccc(C(=O)c2ccccc2OC)cc1. The number of nitrogens with zero attached hydrogens (tertiary/aromatic N) is 1. The fourth-order valence-corrected chi connectivity index (χ4v) is 3.96. The molecule has 4 heteroatoms. The van der Waals surface area contributed by atoms with Crippen LogP contribution in [0.2, 0.25) is 0 Å². The van der Waals surface area contributed by atoms with Crippen LogP contribution in [-0.4, -0.2) is 43.5 Å². The van der Waals surface area contributed by atoms with E-state index in [1.54, 1.807) is 19.2 Å². The molecule has 0 aliphatic carbocycles. The average molecular weight is 382 g/mol. The third kappa shape index (κ3) is 5.14. The standard InChI is InChI=1S/C24H31NO3/c1-3-20-9-6-7-16-25(20)17-8-18-28-21-14-12-19(13-15-21)24(26)22-10-4-5-11-23(22)27-2/h4-5,10-15,20H,3,6-9,16-18H2,1-2H3. The Morgan fingerprint density at radius 2 is 1.89 bits per heavy atom. The second kappa shape index (κ2) is 10.3. The van der Waals surface area contributed by atoms with Crippen LogP contribution in [0.25, 0.3) is 0 Å². The minimum absolute atomic E-state index is 0.0419. The minimum Gasteiger partial charge on any atom is -0.496 e. The Hall–Kier alpha value is -2.33. The van der Waals surface area contributed by atoms with E-state index in [2.05, 4.69) is 11.8 Å². The van der Waals surface area contributed by atoms with Gasteiger partial charge in [-0.1, -0.05) is 25.5 Å². The number of piperidine rings is 1. The van der Waals surface area contributed by atoms with E-state index in [1.165, 1.54) is 32.2 Å². The Morgan fingerprint density at radius 3 is 2.64 bits per heavy atom. The lowest BCUT2D eigenvalue weighted by atomic mass is 10.00. The van der Waals surface area contributed by atoms with E-state index < -0.39 is 0 Å². The molecule has 0 saturated carbocycles. The van der Waals surface area contributed by atoms with E-state index in [0.717, 1.165) is 24.8 Å². The lowest BCUT2D eigenvalue weighted by Gasteiger charge is -2.35. The van der Waals surface area contributed by atoms with Crippen molar-refractivity contribution in [1.82, 2.24) is 4.90 Å². The first-order chi connectivity index (χ1) is 13.7. The summed E-state index contributed by atoms with van der Waals surface area (Å²) in [6.45, 7) is 5.31. The summed E-state index contributed by atoms with van der Waals surface area (Å²) in [7, 11) is 1.58. The van der Waals surface area contributed by atoms with Crippen molar-refractivity contribution in [2.45, 2.75) is 45.1 Å². The van der Waals surface area contributed by atoms with E-state index in [1.807, 2.05) is 36.4 Å². The molecule has 0 bridgehead atoms. The van der Waals surface area contributed by atoms with Gasteiger partial charge in [0.15, 0.2) is 5.78 Å². The largest absolute Gasteiger partial charge is 0.496 e. The average Bonchev–Trinajstić information content (AvgIpc) is 2.77. The van der Waals surface area contributed by atoms with Gasteiger partial charge in [0.25, 0.3) is 0 Å². The van der Waals surface area contributed by atoms with Gasteiger partial charge in [0, 0.05) is 18.2 Å². The van der Waals surface area contributed by atoms with Gasteiger partial charge in [0.2, 0.25) is 0 Å². The predicted octanol–water partition coefficient (Wildman–Crippen LogP) is 4.96. The van der Waals surface area contributed by atoms with Gasteiger partial charge in [-0.15, -0.1) is 0 Å². The van der Waals surface area contributed by atoms with Gasteiger partial charge in [-0.2, -0.15) is 0 Å². The molecule has 0 amide bonds. The first-order valence-electron chi connectivity index (χ1n) is 10.4. The molecule has 1 saturated heterocycles. The molecule has 150 valence electrons. The third-order valence-corrected chi connectivity index (χ3v) is 5.55. The molecular formula is C24H31NO3. The van der Waals surface area contributed by atoms with Gasteiger partial charge in [0.05, 0.1) is 19.3 Å². The highest BCUT2D eigenvalue weighted by molar-refractivity contribution is 6.10. The van der Waals surface area contributed by atoms with Crippen molar-refractivity contribution in [2.75, 3.05) is 26.8 Å². The normalized spacial score (nSPS) is 17.3. The highest BCUT2D eigenvalue weighted by Gasteiger charge is 2.20. The van der Waals surface area contributed by atoms with Crippen molar-refractivity contribution >= 4 is 5.78 Å². The van der Waals surface area contributed by atoms with Crippen LogP contribution in [0.1, 0.15) is 54.9 Å². The maximum Gasteiger partial charge on any atom is 0.196 e. The molecule has 28 heavy (non-hydrogen) atoms. The molecular weight excluding hydrogens is 350 g/mol. The summed E-state index contributed by atoms with van der Waals surface area (Å²) in [5, 5.41) is 0. The molecule has 0 radical (unpaired) electrons. The van der Waals surface area contributed by atoms with Crippen LogP contribution in [-0.2, 0) is 0 Å². The summed E-state index contributed by atoms with van der Waals surface area (Å²) >= 11 is 0. The van der Waals surface area contributed by atoms with Gasteiger partial charge in [0.1, 0.15) is 11.5 Å². The highest BCUT2D eigenvalue weighted by Crippen LogP contribution is 2.23. The van der Waals surface area contributed by atoms with Crippen LogP contribution in [0.5, 0.6) is 11.5 Å². The van der Waals surface area contributed by atoms with Crippen LogP contribution in [0.15, 0.2) is 48.5 Å². The van der Waals surface area contributed by atoms with E-state index in [0.29, 0.717) is 23.5 Å². The van der Waals surface area contributed by atoms with Crippen LogP contribution < -0.4 is 9.47 Å². The molecule has 4 nitrogen and oxygen atoms in total. The van der Waals surface area contributed by atoms with Crippen molar-refractivity contribution in [2.24, 2.45) is 0 Å². The predicted molar refractivity (Wildman–Crippen MR) is 112 cm³/mol. The van der Waals surface area contributed by atoms with Crippen molar-refractivity contribution in [1.29, 1.82) is 0 Å². The Morgan fingerprint density at radius 1 is 1.11 bits per heavy atom. The molecule has 1 atom stereocenters. The molecule has 0 aromatic heterocycles. The number of carbonyl (C=O) groups excluding carboxylic acids is 1. The fourth-order valence-electron chi connectivity index (χ4n) is 3.96. The van der Waals surface area contributed by atoms with Crippen molar-refractivity contribution in [3.8, 4) is 11.5 Å². The van der Waals surface area contributed by atoms with E-state index in [-0.39, 0.29) is 5.78 Å². The molecule has 1 aliphatic heterocycles. The zero-order valence-electron chi connectivity index (χ0n) is 17.0. The van der Waals surface area contributed by atoms with E-state index >= 15 is 0 Å². The van der Waals surface area contributed by atoms with Gasteiger partial charge in [-0.25, -0.2) is 0 Å². The van der Waals surface area contributed by atoms with Crippen molar-refractivity contribution in [3.05, 3.63) is 59.7 Å². The van der Waals surface area contributed by atoms with Gasteiger partial charge >= 0.3 is 0 Å². The number of para-hydroxylation sites is 1. The zero-order chi connectivity index (χ0) is 19.8. The Kier molecular flexibility index (Phi) is 7.49. The number of carbonyl (C=O) groups is 1. The monoisotopic (exact) mass is 381 g/mol. The molecule has 0 spiro atoms. The highest BCUT2D eigenvalue weighted by atomic mass is 16.5. The molecule has 3 rings (SSSR count). The molecule has 1 heterocycles. The third-order valence-electron chi connectivity index (χ3n) is 5.55. The summed E-state index contributed by atoms with van der Waals surface area (Å²) in [6.07, 6.45) is 6.28. The Bertz CT molecular complexity index is 757. The first kappa shape index (κ1) is 20.4. The van der Waals surface area contributed by atoms with Crippen LogP contribution >= 0.6 is 0 Å². The molecule has 0 N–H and O–H groups in total. The summed E-state index contributed by atoms with van der Waals surface area (Å²) in [6, 6.07) is 15.4. The van der Waals surface area contributed by atoms with E-state index in [4.69, 9.17) is 9.47 Å². The van der Waals surface area contributed by atoms with Crippen molar-refractivity contribution in [3.63, 3.8) is 0 Å². The number of hydrogen-bond acceptors (Lipinski definition) is 4. The molecule has 2 aromatic carbocycles. The Labute approximate surface area is 168 Å². The first-order valence-corrected chi connectivity index (χ1v) is 10.4. The Balaban J connectivity index is 1.50. The maximum absolute atomic E-state index is 12.7. The maximum atomic E-state index is 12.7. The van der Waals surface area contributed by atoms with E-state index in [9.17, 15) is 4.79 Å². The van der Waals surface area contributed by atoms with Crippen LogP contribution in [0.4, 0.5) is 0 Å². The fraction of sp³-hybridized carbons (Fsp3) is 0.458. The van der Waals surface area contributed by atoms with Crippen LogP contribution in [0, 0.1) is 0 Å². The number of rotatable bonds is 9. The van der Waals surface area contributed by atoms with Gasteiger partial charge in [-0.05, 0) is 68.6 Å². The number of ketones is 1. The summed E-state index contributed by atoms with van der Waals surface area (Å²) < 4.78 is 11.2. The molecule has 1 unspecified atom stereocenters. The summed E-state index contributed by atoms with van der Waals surface area (Å²) in [4.78, 5) is 15.3. The quantitative estimate of drug-likeness (QED) is 0.455. The number of likely N-dealkylation sites (tertiary alicyclic amines) is 1. The smallest absolute Gasteiger partial charge is 0.196 e.